The van der Waals surface area contributed by atoms with E-state index in [4.69, 9.17) is 32.2 Å². The lowest BCUT2D eigenvalue weighted by Gasteiger charge is -2.24. The van der Waals surface area contributed by atoms with Crippen LogP contribution in [0.2, 0.25) is 0 Å². The lowest BCUT2D eigenvalue weighted by atomic mass is 10.0. The maximum atomic E-state index is 12.3. The monoisotopic (exact) mass is 1450 g/mol. The Labute approximate surface area is 558 Å². The number of nitrogens with two attached hydrogens (primary N) is 3. The number of amides is 4. The van der Waals surface area contributed by atoms with Crippen molar-refractivity contribution in [3.05, 3.63) is 192 Å². The van der Waals surface area contributed by atoms with Crippen LogP contribution in [0.25, 0.3) is 0 Å². The first-order chi connectivity index (χ1) is 42.0. The molecule has 6 rings (SSSR count). The second-order valence-electron chi connectivity index (χ2n) is 22.0. The number of phenolic OH excluding ortho intramolecular Hbond substituents is 3. The fraction of sp³-hybridized carbons (Fsp3) is 0.358. The zero-order valence-corrected chi connectivity index (χ0v) is 57.0. The maximum absolute atomic E-state index is 12.3. The molecule has 6 atom stereocenters. The number of hydrogen-bond donors (Lipinski definition) is 11. The van der Waals surface area contributed by atoms with Crippen LogP contribution in [0.15, 0.2) is 159 Å². The molecule has 6 aromatic rings. The molecular formula is C67H85Br3ClN7O12. The van der Waals surface area contributed by atoms with E-state index in [0.29, 0.717) is 69.0 Å². The topological polar surface area (TPSA) is 336 Å². The summed E-state index contributed by atoms with van der Waals surface area (Å²) in [5.41, 5.74) is 21.9. The highest BCUT2D eigenvalue weighted by Gasteiger charge is 2.27. The van der Waals surface area contributed by atoms with Crippen LogP contribution in [0.1, 0.15) is 107 Å². The molecule has 0 fully saturated rings. The van der Waals surface area contributed by atoms with Crippen LogP contribution in [-0.2, 0) is 72.2 Å². The van der Waals surface area contributed by atoms with Gasteiger partial charge >= 0.3 is 12.1 Å². The van der Waals surface area contributed by atoms with Crippen molar-refractivity contribution in [1.29, 1.82) is 0 Å². The number of carbonyl (C=O) groups is 7. The van der Waals surface area contributed by atoms with Crippen molar-refractivity contribution < 1.29 is 58.7 Å². The second kappa shape index (κ2) is 41.3. The number of aliphatic carboxylic acids is 1. The predicted octanol–water partition coefficient (Wildman–Crippen LogP) is 10.4. The van der Waals surface area contributed by atoms with Gasteiger partial charge in [-0.3, -0.25) is 28.8 Å². The molecule has 0 aromatic heterocycles. The molecule has 0 saturated carbocycles. The lowest BCUT2D eigenvalue weighted by Crippen LogP contribution is -2.51. The van der Waals surface area contributed by atoms with Crippen molar-refractivity contribution >= 4 is 102 Å². The summed E-state index contributed by atoms with van der Waals surface area (Å²) in [6, 6.07) is 40.1. The van der Waals surface area contributed by atoms with Crippen molar-refractivity contribution in [2.75, 3.05) is 0 Å². The summed E-state index contributed by atoms with van der Waals surface area (Å²) in [5, 5.41) is 48.0. The van der Waals surface area contributed by atoms with Crippen LogP contribution in [0.5, 0.6) is 17.2 Å². The minimum Gasteiger partial charge on any atom is -0.508 e. The normalized spacial score (nSPS) is 12.6. The molecule has 0 aliphatic carbocycles. The maximum Gasteiger partial charge on any atom is 0.408 e. The van der Waals surface area contributed by atoms with E-state index in [9.17, 15) is 43.8 Å². The van der Waals surface area contributed by atoms with Gasteiger partial charge in [0, 0.05) is 38.4 Å². The molecule has 0 radical (unpaired) electrons. The minimum absolute atomic E-state index is 0. The Bertz CT molecular complexity index is 3090. The minimum atomic E-state index is -1.15. The van der Waals surface area contributed by atoms with E-state index < -0.39 is 59.8 Å². The molecular weight excluding hydrogens is 1370 g/mol. The van der Waals surface area contributed by atoms with Gasteiger partial charge in [0.05, 0.1) is 24.2 Å². The van der Waals surface area contributed by atoms with Gasteiger partial charge in [-0.25, -0.2) is 4.79 Å². The van der Waals surface area contributed by atoms with E-state index in [0.717, 1.165) is 35.7 Å². The standard InChI is InChI=1S/2C21H25BrN2O3.C18H26N2O5.C7H8BrNO.ClH/c2*1-14(19(25)11-8-16-13-17(22)9-12-20(16)26)24-21(27)18(23)10-7-15-5-3-2-4-6-15;1-12(16(22)23)19-15(21)14(20-17(24)25-18(2,3)4)11-10-13-8-6-5-7-9-13;8-6-1-2-7(10)5(3-6)4-9;/h2*2-6,9,12-14,18,26H,7-8,10-11,23H2,1H3,(H,24,27);5-9,12,14H,10-11H2,1-4H3,(H,19,21)(H,20,24)(H,22,23);1-3,10H,4,9H2;1H/t2*14-,18+;12-,14+;;/m000../s1. The number of hydrogen-bond acceptors (Lipinski definition) is 14. The van der Waals surface area contributed by atoms with Crippen LogP contribution in [0.3, 0.4) is 0 Å². The molecule has 14 N–H and O–H groups in total. The van der Waals surface area contributed by atoms with Gasteiger partial charge in [0.15, 0.2) is 11.6 Å². The highest BCUT2D eigenvalue weighted by atomic mass is 79.9. The lowest BCUT2D eigenvalue weighted by molar-refractivity contribution is -0.141. The number of phenols is 3. The fourth-order valence-electron chi connectivity index (χ4n) is 8.22. The predicted molar refractivity (Wildman–Crippen MR) is 363 cm³/mol. The number of ketones is 2. The van der Waals surface area contributed by atoms with Crippen molar-refractivity contribution in [2.45, 2.75) is 154 Å². The van der Waals surface area contributed by atoms with Crippen molar-refractivity contribution in [2.24, 2.45) is 17.2 Å². The number of Topliss-reactive ketones (excluding diaryl/α,β-unsaturated/α-hetero) is 2. The number of rotatable bonds is 26. The third-order valence-corrected chi connectivity index (χ3v) is 14.9. The highest BCUT2D eigenvalue weighted by molar-refractivity contribution is 9.11. The van der Waals surface area contributed by atoms with Crippen LogP contribution in [-0.4, -0.2) is 104 Å². The van der Waals surface area contributed by atoms with Gasteiger partial charge in [-0.05, 0) is 175 Å². The summed E-state index contributed by atoms with van der Waals surface area (Å²) in [6.07, 6.45) is 3.87. The summed E-state index contributed by atoms with van der Waals surface area (Å²) < 4.78 is 7.79. The van der Waals surface area contributed by atoms with Gasteiger partial charge in [0.25, 0.3) is 0 Å². The molecule has 4 amide bonds. The molecule has 0 bridgehead atoms. The molecule has 0 aliphatic heterocycles. The Hall–Kier alpha value is -7.18. The summed E-state index contributed by atoms with van der Waals surface area (Å²) >= 11 is 9.96. The number of halogens is 4. The van der Waals surface area contributed by atoms with E-state index >= 15 is 0 Å². The highest BCUT2D eigenvalue weighted by Crippen LogP contribution is 2.25. The van der Waals surface area contributed by atoms with Crippen molar-refractivity contribution in [1.82, 2.24) is 21.3 Å². The van der Waals surface area contributed by atoms with Crippen molar-refractivity contribution in [3.63, 3.8) is 0 Å². The van der Waals surface area contributed by atoms with Gasteiger partial charge in [0.2, 0.25) is 17.7 Å². The SMILES string of the molecule is C[C@H](NC(=O)[C@@H](CCc1ccccc1)NC(=O)OC(C)(C)C)C(=O)O.C[C@H](NC(=O)[C@H](N)CCc1ccccc1)C(=O)CCc1cc(Br)ccc1O.C[C@H](NC(=O)[C@H](N)CCc1ccccc1)C(=O)CCc1cc(Br)ccc1O.Cl.NCc1cc(Br)ccc1O. The van der Waals surface area contributed by atoms with E-state index in [-0.39, 0.29) is 65.9 Å². The Kier molecular flexibility index (Phi) is 36.2. The van der Waals surface area contributed by atoms with Gasteiger partial charge in [-0.15, -0.1) is 12.4 Å². The van der Waals surface area contributed by atoms with Gasteiger partial charge in [-0.1, -0.05) is 139 Å². The molecule has 23 heteroatoms. The number of nitrogens with one attached hydrogen (secondary N) is 4. The molecule has 90 heavy (non-hydrogen) atoms. The van der Waals surface area contributed by atoms with E-state index in [1.54, 1.807) is 89.2 Å². The van der Waals surface area contributed by atoms with Crippen LogP contribution in [0, 0.1) is 0 Å². The van der Waals surface area contributed by atoms with E-state index in [1.807, 2.05) is 91.0 Å². The third-order valence-electron chi connectivity index (χ3n) is 13.5. The first-order valence-electron chi connectivity index (χ1n) is 29.0. The number of carboxylic acid groups (broad SMARTS) is 1. The molecule has 488 valence electrons. The van der Waals surface area contributed by atoms with Crippen LogP contribution < -0.4 is 38.5 Å². The number of ether oxygens (including phenoxy) is 1. The quantitative estimate of drug-likeness (QED) is 0.0240. The number of carboxylic acids is 1. The van der Waals surface area contributed by atoms with E-state index in [2.05, 4.69) is 69.1 Å². The Morgan fingerprint density at radius 1 is 0.478 bits per heavy atom. The first-order valence-corrected chi connectivity index (χ1v) is 31.4. The number of alkyl carbamates (subject to hydrolysis) is 1. The summed E-state index contributed by atoms with van der Waals surface area (Å²) in [4.78, 5) is 84.3. The molecule has 0 heterocycles. The Morgan fingerprint density at radius 2 is 0.811 bits per heavy atom. The Morgan fingerprint density at radius 3 is 1.14 bits per heavy atom. The molecule has 6 aromatic carbocycles. The van der Waals surface area contributed by atoms with Crippen LogP contribution >= 0.6 is 60.2 Å². The number of aromatic hydroxyl groups is 3. The van der Waals surface area contributed by atoms with Crippen LogP contribution in [0.4, 0.5) is 4.79 Å². The third kappa shape index (κ3) is 31.5. The summed E-state index contributed by atoms with van der Waals surface area (Å²) in [5.74, 6) is -1.98. The Balaban J connectivity index is 0.000000424. The molecule has 0 aliphatic rings. The summed E-state index contributed by atoms with van der Waals surface area (Å²) in [7, 11) is 0. The molecule has 0 spiro atoms. The zero-order chi connectivity index (χ0) is 66.2. The number of aryl methyl sites for hydroxylation is 5. The largest absolute Gasteiger partial charge is 0.508 e. The molecule has 19 nitrogen and oxygen atoms in total. The number of benzene rings is 6. The van der Waals surface area contributed by atoms with Crippen molar-refractivity contribution in [3.8, 4) is 17.2 Å². The molecule has 0 unspecified atom stereocenters. The second-order valence-corrected chi connectivity index (χ2v) is 24.7. The summed E-state index contributed by atoms with van der Waals surface area (Å²) in [6.45, 7) is 10.2. The smallest absolute Gasteiger partial charge is 0.408 e. The van der Waals surface area contributed by atoms with Gasteiger partial charge in [-0.2, -0.15) is 0 Å². The average molecular weight is 1460 g/mol. The first kappa shape index (κ1) is 78.9. The fourth-order valence-corrected chi connectivity index (χ4v) is 9.45. The zero-order valence-electron chi connectivity index (χ0n) is 51.4. The van der Waals surface area contributed by atoms with E-state index in [1.165, 1.54) is 6.92 Å². The molecule has 0 saturated heterocycles. The average Bonchev–Trinajstić information content (AvgIpc) is 2.35. The number of carbonyl (C=O) groups excluding carboxylic acids is 6. The van der Waals surface area contributed by atoms with Gasteiger partial charge in [0.1, 0.15) is 34.9 Å². The van der Waals surface area contributed by atoms with Gasteiger partial charge < -0.3 is 63.6 Å².